The Balaban J connectivity index is 1.40. The number of esters is 2. The standard InChI is InChI=1S/C27H38O6/c1-2-3-4-5-9-14-27(30-16-10-17-31-27)15-13-21-22-18-25(28)32-24(22)19-23(21)33-26(29)20-11-7-6-8-12-20/h6-8,11-12,21-24H,2-5,9-10,13-19H2,1H3/t21-,22-,23?,24+/m1/s1. The van der Waals surface area contributed by atoms with E-state index in [1.807, 2.05) is 18.2 Å². The number of hydrogen-bond acceptors (Lipinski definition) is 6. The zero-order valence-corrected chi connectivity index (χ0v) is 19.8. The molecule has 2 aliphatic heterocycles. The van der Waals surface area contributed by atoms with Crippen molar-refractivity contribution in [3.8, 4) is 0 Å². The Morgan fingerprint density at radius 3 is 2.58 bits per heavy atom. The van der Waals surface area contributed by atoms with Gasteiger partial charge in [0.2, 0.25) is 0 Å². The Hall–Kier alpha value is -1.92. The molecule has 182 valence electrons. The third-order valence-corrected chi connectivity index (χ3v) is 7.46. The molecular weight excluding hydrogens is 420 g/mol. The summed E-state index contributed by atoms with van der Waals surface area (Å²) in [4.78, 5) is 24.7. The van der Waals surface area contributed by atoms with Gasteiger partial charge in [0, 0.05) is 31.1 Å². The molecule has 2 heterocycles. The van der Waals surface area contributed by atoms with E-state index in [0.717, 1.165) is 45.3 Å². The summed E-state index contributed by atoms with van der Waals surface area (Å²) in [6.45, 7) is 3.67. The van der Waals surface area contributed by atoms with Crippen LogP contribution in [0.3, 0.4) is 0 Å². The summed E-state index contributed by atoms with van der Waals surface area (Å²) in [5.41, 5.74) is 0.549. The number of rotatable bonds is 11. The lowest BCUT2D eigenvalue weighted by Gasteiger charge is -2.39. The number of carbonyl (C=O) groups excluding carboxylic acids is 2. The van der Waals surface area contributed by atoms with Crippen LogP contribution >= 0.6 is 0 Å². The molecule has 33 heavy (non-hydrogen) atoms. The van der Waals surface area contributed by atoms with Gasteiger partial charge in [-0.1, -0.05) is 50.8 Å². The first kappa shape index (κ1) is 24.2. The fraction of sp³-hybridized carbons (Fsp3) is 0.704. The van der Waals surface area contributed by atoms with Gasteiger partial charge in [-0.05, 0) is 31.4 Å². The van der Waals surface area contributed by atoms with Crippen molar-refractivity contribution in [3.63, 3.8) is 0 Å². The van der Waals surface area contributed by atoms with Crippen LogP contribution in [0, 0.1) is 11.8 Å². The minimum absolute atomic E-state index is 0.0696. The summed E-state index contributed by atoms with van der Waals surface area (Å²) in [5, 5.41) is 0. The lowest BCUT2D eigenvalue weighted by molar-refractivity contribution is -0.275. The molecule has 1 aromatic carbocycles. The van der Waals surface area contributed by atoms with Gasteiger partial charge in [0.25, 0.3) is 0 Å². The van der Waals surface area contributed by atoms with Crippen molar-refractivity contribution >= 4 is 11.9 Å². The van der Waals surface area contributed by atoms with E-state index >= 15 is 0 Å². The summed E-state index contributed by atoms with van der Waals surface area (Å²) in [6, 6.07) is 9.09. The zero-order valence-electron chi connectivity index (χ0n) is 19.8. The van der Waals surface area contributed by atoms with Gasteiger partial charge in [0.1, 0.15) is 12.2 Å². The Morgan fingerprint density at radius 1 is 1.06 bits per heavy atom. The summed E-state index contributed by atoms with van der Waals surface area (Å²) in [6.07, 6.45) is 9.94. The highest BCUT2D eigenvalue weighted by Gasteiger charge is 2.52. The average molecular weight is 459 g/mol. The van der Waals surface area contributed by atoms with Crippen molar-refractivity contribution in [3.05, 3.63) is 35.9 Å². The molecule has 0 bridgehead atoms. The van der Waals surface area contributed by atoms with Gasteiger partial charge >= 0.3 is 11.9 Å². The van der Waals surface area contributed by atoms with Gasteiger partial charge in [-0.15, -0.1) is 0 Å². The number of carbonyl (C=O) groups is 2. The summed E-state index contributed by atoms with van der Waals surface area (Å²) >= 11 is 0. The Bertz CT molecular complexity index is 772. The number of fused-ring (bicyclic) bond motifs is 1. The normalized spacial score (nSPS) is 28.3. The predicted octanol–water partition coefficient (Wildman–Crippen LogP) is 5.44. The Kier molecular flexibility index (Phi) is 8.42. The molecule has 0 amide bonds. The highest BCUT2D eigenvalue weighted by atomic mass is 16.7. The van der Waals surface area contributed by atoms with Crippen LogP contribution in [0.15, 0.2) is 30.3 Å². The maximum absolute atomic E-state index is 12.7. The van der Waals surface area contributed by atoms with Crippen LogP contribution in [0.1, 0.15) is 87.9 Å². The van der Waals surface area contributed by atoms with E-state index in [1.54, 1.807) is 12.1 Å². The third kappa shape index (κ3) is 6.15. The lowest BCUT2D eigenvalue weighted by atomic mass is 9.85. The highest BCUT2D eigenvalue weighted by molar-refractivity contribution is 5.89. The molecule has 0 spiro atoms. The fourth-order valence-corrected chi connectivity index (χ4v) is 5.69. The van der Waals surface area contributed by atoms with Crippen molar-refractivity contribution in [1.82, 2.24) is 0 Å². The SMILES string of the molecule is CCCCCCCC1(CC[C@H]2C(OC(=O)c3ccccc3)C[C@@H]3OC(=O)C[C@@H]32)OCCCO1. The van der Waals surface area contributed by atoms with E-state index in [4.69, 9.17) is 18.9 Å². The lowest BCUT2D eigenvalue weighted by Crippen LogP contribution is -2.41. The van der Waals surface area contributed by atoms with Crippen LogP contribution in [0.25, 0.3) is 0 Å². The van der Waals surface area contributed by atoms with Gasteiger partial charge < -0.3 is 18.9 Å². The molecule has 0 aromatic heterocycles. The second-order valence-corrected chi connectivity index (χ2v) is 9.77. The molecule has 6 heteroatoms. The molecule has 0 radical (unpaired) electrons. The van der Waals surface area contributed by atoms with E-state index in [2.05, 4.69) is 6.92 Å². The van der Waals surface area contributed by atoms with Crippen LogP contribution in [-0.4, -0.2) is 43.1 Å². The zero-order chi connectivity index (χ0) is 23.1. The number of benzene rings is 1. The van der Waals surface area contributed by atoms with Crippen LogP contribution in [0.5, 0.6) is 0 Å². The van der Waals surface area contributed by atoms with Gasteiger partial charge in [0.15, 0.2) is 5.79 Å². The smallest absolute Gasteiger partial charge is 0.338 e. The first-order chi connectivity index (χ1) is 16.1. The maximum Gasteiger partial charge on any atom is 0.338 e. The third-order valence-electron chi connectivity index (χ3n) is 7.46. The van der Waals surface area contributed by atoms with Gasteiger partial charge in [-0.25, -0.2) is 4.79 Å². The Morgan fingerprint density at radius 2 is 1.82 bits per heavy atom. The first-order valence-electron chi connectivity index (χ1n) is 12.8. The van der Waals surface area contributed by atoms with Crippen LogP contribution in [-0.2, 0) is 23.7 Å². The molecule has 3 aliphatic rings. The molecule has 3 fully saturated rings. The van der Waals surface area contributed by atoms with E-state index in [-0.39, 0.29) is 36.0 Å². The molecule has 1 aromatic rings. The number of ether oxygens (including phenoxy) is 4. The van der Waals surface area contributed by atoms with Crippen molar-refractivity contribution in [2.45, 2.75) is 95.5 Å². The molecule has 1 saturated carbocycles. The van der Waals surface area contributed by atoms with E-state index in [0.29, 0.717) is 18.4 Å². The number of hydrogen-bond donors (Lipinski definition) is 0. The molecule has 2 saturated heterocycles. The molecule has 0 N–H and O–H groups in total. The predicted molar refractivity (Wildman–Crippen MR) is 124 cm³/mol. The molecule has 1 aliphatic carbocycles. The summed E-state index contributed by atoms with van der Waals surface area (Å²) in [7, 11) is 0. The van der Waals surface area contributed by atoms with Crippen LogP contribution in [0.2, 0.25) is 0 Å². The molecule has 4 rings (SSSR count). The van der Waals surface area contributed by atoms with Gasteiger partial charge in [-0.3, -0.25) is 4.79 Å². The largest absolute Gasteiger partial charge is 0.462 e. The van der Waals surface area contributed by atoms with Gasteiger partial charge in [0.05, 0.1) is 25.2 Å². The molecular formula is C27H38O6. The van der Waals surface area contributed by atoms with Crippen molar-refractivity contribution in [2.24, 2.45) is 11.8 Å². The second kappa shape index (κ2) is 11.5. The van der Waals surface area contributed by atoms with Crippen molar-refractivity contribution in [2.75, 3.05) is 13.2 Å². The monoisotopic (exact) mass is 458 g/mol. The van der Waals surface area contributed by atoms with Crippen molar-refractivity contribution in [1.29, 1.82) is 0 Å². The maximum atomic E-state index is 12.7. The second-order valence-electron chi connectivity index (χ2n) is 9.77. The topological polar surface area (TPSA) is 71.1 Å². The van der Waals surface area contributed by atoms with E-state index in [1.165, 1.54) is 25.7 Å². The van der Waals surface area contributed by atoms with Crippen molar-refractivity contribution < 1.29 is 28.5 Å². The first-order valence-corrected chi connectivity index (χ1v) is 12.8. The quantitative estimate of drug-likeness (QED) is 0.325. The summed E-state index contributed by atoms with van der Waals surface area (Å²) < 4.78 is 24.0. The van der Waals surface area contributed by atoms with E-state index in [9.17, 15) is 9.59 Å². The molecule has 4 atom stereocenters. The average Bonchev–Trinajstić information content (AvgIpc) is 3.34. The molecule has 6 nitrogen and oxygen atoms in total. The highest BCUT2D eigenvalue weighted by Crippen LogP contribution is 2.46. The number of unbranched alkanes of at least 4 members (excludes halogenated alkanes) is 4. The minimum Gasteiger partial charge on any atom is -0.462 e. The van der Waals surface area contributed by atoms with Crippen LogP contribution in [0.4, 0.5) is 0 Å². The van der Waals surface area contributed by atoms with Gasteiger partial charge in [-0.2, -0.15) is 0 Å². The minimum atomic E-state index is -0.556. The van der Waals surface area contributed by atoms with Crippen LogP contribution < -0.4 is 0 Å². The Labute approximate surface area is 197 Å². The van der Waals surface area contributed by atoms with E-state index < -0.39 is 5.79 Å². The fourth-order valence-electron chi connectivity index (χ4n) is 5.69. The summed E-state index contributed by atoms with van der Waals surface area (Å²) in [5.74, 6) is -0.845. The molecule has 1 unspecified atom stereocenters.